The number of hydrogen-bond acceptors (Lipinski definition) is 8. The summed E-state index contributed by atoms with van der Waals surface area (Å²) in [5, 5.41) is 12.0. The second kappa shape index (κ2) is 17.3. The SMILES string of the molecule is C[C@H]1CCCN(Cc2cc3c(c(C(F)(F)F)c2)CN(c2cc(C4(Cc5nncn5C)COC4)cc(NCCSC(c4ccccc4)(c4ccccc4)c4ccccc4)n2)C3=O)C1. The van der Waals surface area contributed by atoms with Gasteiger partial charge in [-0.2, -0.15) is 13.2 Å². The van der Waals surface area contributed by atoms with E-state index in [1.54, 1.807) is 12.4 Å². The van der Waals surface area contributed by atoms with Crippen molar-refractivity contribution in [2.45, 2.75) is 55.6 Å². The number of aromatic nitrogens is 4. The molecule has 3 aliphatic heterocycles. The van der Waals surface area contributed by atoms with Gasteiger partial charge in [-0.05, 0) is 83.0 Å². The summed E-state index contributed by atoms with van der Waals surface area (Å²) < 4.78 is 51.8. The number of alkyl halides is 3. The van der Waals surface area contributed by atoms with E-state index in [1.807, 2.05) is 53.7 Å². The molecule has 9 rings (SSSR count). The zero-order chi connectivity index (χ0) is 42.9. The number of thioether (sulfide) groups is 1. The molecule has 0 aliphatic carbocycles. The fourth-order valence-corrected chi connectivity index (χ4v) is 10.8. The van der Waals surface area contributed by atoms with Crippen LogP contribution in [0.15, 0.2) is 122 Å². The van der Waals surface area contributed by atoms with Crippen LogP contribution in [0.2, 0.25) is 0 Å². The highest BCUT2D eigenvalue weighted by Crippen LogP contribution is 2.49. The third-order valence-corrected chi connectivity index (χ3v) is 14.1. The zero-order valence-corrected chi connectivity index (χ0v) is 35.8. The smallest absolute Gasteiger partial charge is 0.379 e. The molecule has 0 bridgehead atoms. The van der Waals surface area contributed by atoms with E-state index < -0.39 is 27.8 Å². The Bertz CT molecular complexity index is 2420. The number of carbonyl (C=O) groups is 1. The number of fused-ring (bicyclic) bond motifs is 1. The van der Waals surface area contributed by atoms with Crippen molar-refractivity contribution in [1.82, 2.24) is 24.6 Å². The monoisotopic (exact) mass is 857 g/mol. The molecule has 320 valence electrons. The fourth-order valence-electron chi connectivity index (χ4n) is 9.38. The van der Waals surface area contributed by atoms with Gasteiger partial charge in [0.2, 0.25) is 0 Å². The summed E-state index contributed by atoms with van der Waals surface area (Å²) >= 11 is 1.81. The number of carbonyl (C=O) groups excluding carboxylic acids is 1. The van der Waals surface area contributed by atoms with Crippen molar-refractivity contribution in [2.75, 3.05) is 48.8 Å². The Morgan fingerprint density at radius 3 is 2.13 bits per heavy atom. The van der Waals surface area contributed by atoms with Crippen molar-refractivity contribution in [3.63, 3.8) is 0 Å². The average Bonchev–Trinajstić information content (AvgIpc) is 3.83. The molecule has 13 heteroatoms. The summed E-state index contributed by atoms with van der Waals surface area (Å²) in [5.41, 5.74) is 3.60. The number of nitrogens with one attached hydrogen (secondary N) is 1. The number of aryl methyl sites for hydroxylation is 1. The Hall–Kier alpha value is -5.50. The number of nitrogens with zero attached hydrogens (tertiary/aromatic N) is 6. The third kappa shape index (κ3) is 8.25. The second-order valence-corrected chi connectivity index (χ2v) is 18.3. The Morgan fingerprint density at radius 2 is 1.56 bits per heavy atom. The van der Waals surface area contributed by atoms with E-state index in [9.17, 15) is 18.0 Å². The minimum absolute atomic E-state index is 0.0174. The minimum Gasteiger partial charge on any atom is -0.379 e. The van der Waals surface area contributed by atoms with Crippen LogP contribution in [0, 0.1) is 5.92 Å². The molecule has 6 aromatic rings. The van der Waals surface area contributed by atoms with Gasteiger partial charge in [-0.1, -0.05) is 97.9 Å². The lowest BCUT2D eigenvalue weighted by Gasteiger charge is -2.42. The van der Waals surface area contributed by atoms with Crippen molar-refractivity contribution in [1.29, 1.82) is 0 Å². The van der Waals surface area contributed by atoms with Crippen molar-refractivity contribution in [3.05, 3.63) is 172 Å². The first-order chi connectivity index (χ1) is 30.0. The first-order valence-corrected chi connectivity index (χ1v) is 22.3. The molecular formula is C49H50F3N7O2S. The molecule has 2 aromatic heterocycles. The highest BCUT2D eigenvalue weighted by Gasteiger charge is 2.45. The molecule has 3 aliphatic rings. The molecule has 0 radical (unpaired) electrons. The molecule has 1 amide bonds. The quantitative estimate of drug-likeness (QED) is 0.0858. The number of ether oxygens (including phenoxy) is 1. The van der Waals surface area contributed by atoms with E-state index in [0.717, 1.165) is 54.0 Å². The van der Waals surface area contributed by atoms with Crippen LogP contribution in [-0.4, -0.2) is 69.2 Å². The van der Waals surface area contributed by atoms with E-state index in [4.69, 9.17) is 9.72 Å². The van der Waals surface area contributed by atoms with Crippen molar-refractivity contribution < 1.29 is 22.7 Å². The Balaban J connectivity index is 1.05. The second-order valence-electron chi connectivity index (χ2n) is 17.0. The van der Waals surface area contributed by atoms with Crippen LogP contribution < -0.4 is 10.2 Å². The highest BCUT2D eigenvalue weighted by molar-refractivity contribution is 8.00. The Labute approximate surface area is 364 Å². The van der Waals surface area contributed by atoms with Gasteiger partial charge in [0.15, 0.2) is 0 Å². The normalized spacial score (nSPS) is 17.8. The number of pyridine rings is 1. The first kappa shape index (κ1) is 41.8. The molecule has 5 heterocycles. The number of benzene rings is 4. The molecule has 4 aromatic carbocycles. The topological polar surface area (TPSA) is 88.4 Å². The van der Waals surface area contributed by atoms with Crippen LogP contribution in [0.25, 0.3) is 0 Å². The van der Waals surface area contributed by atoms with E-state index in [1.165, 1.54) is 11.0 Å². The van der Waals surface area contributed by atoms with Crippen molar-refractivity contribution in [3.8, 4) is 0 Å². The maximum absolute atomic E-state index is 14.9. The summed E-state index contributed by atoms with van der Waals surface area (Å²) in [7, 11) is 1.89. The van der Waals surface area contributed by atoms with E-state index in [0.29, 0.717) is 55.8 Å². The van der Waals surface area contributed by atoms with E-state index in [-0.39, 0.29) is 23.5 Å². The molecule has 0 saturated carbocycles. The number of piperidine rings is 1. The average molecular weight is 858 g/mol. The van der Waals surface area contributed by atoms with E-state index >= 15 is 0 Å². The number of halogens is 3. The van der Waals surface area contributed by atoms with Gasteiger partial charge in [-0.3, -0.25) is 14.6 Å². The predicted octanol–water partition coefficient (Wildman–Crippen LogP) is 9.27. The molecule has 1 atom stereocenters. The van der Waals surface area contributed by atoms with Crippen LogP contribution in [0.3, 0.4) is 0 Å². The van der Waals surface area contributed by atoms with Crippen LogP contribution in [-0.2, 0) is 47.6 Å². The van der Waals surface area contributed by atoms with Gasteiger partial charge in [0, 0.05) is 49.8 Å². The summed E-state index contributed by atoms with van der Waals surface area (Å²) in [5.74, 6) is 2.22. The third-order valence-electron chi connectivity index (χ3n) is 12.6. The summed E-state index contributed by atoms with van der Waals surface area (Å²) in [4.78, 5) is 23.0. The lowest BCUT2D eigenvalue weighted by atomic mass is 9.75. The van der Waals surface area contributed by atoms with Gasteiger partial charge in [0.1, 0.15) is 23.8 Å². The summed E-state index contributed by atoms with van der Waals surface area (Å²) in [6.07, 6.45) is -0.362. The molecule has 0 unspecified atom stereocenters. The highest BCUT2D eigenvalue weighted by atomic mass is 32.2. The Kier molecular flexibility index (Phi) is 11.7. The molecule has 2 saturated heterocycles. The summed E-state index contributed by atoms with van der Waals surface area (Å²) in [6, 6.07) is 38.2. The molecule has 2 fully saturated rings. The van der Waals surface area contributed by atoms with Crippen molar-refractivity contribution >= 4 is 29.3 Å². The maximum Gasteiger partial charge on any atom is 0.416 e. The number of hydrogen-bond donors (Lipinski definition) is 1. The Morgan fingerprint density at radius 1 is 0.903 bits per heavy atom. The lowest BCUT2D eigenvalue weighted by molar-refractivity contribution is -0.138. The molecule has 62 heavy (non-hydrogen) atoms. The van der Waals surface area contributed by atoms with Crippen LogP contribution in [0.4, 0.5) is 24.8 Å². The molecule has 1 N–H and O–H groups in total. The number of anilines is 2. The summed E-state index contributed by atoms with van der Waals surface area (Å²) in [6.45, 7) is 5.23. The van der Waals surface area contributed by atoms with E-state index in [2.05, 4.69) is 100 Å². The lowest BCUT2D eigenvalue weighted by Crippen LogP contribution is -2.49. The van der Waals surface area contributed by atoms with Gasteiger partial charge in [-0.25, -0.2) is 4.98 Å². The number of likely N-dealkylation sites (tertiary alicyclic amines) is 1. The van der Waals surface area contributed by atoms with Gasteiger partial charge < -0.3 is 14.6 Å². The van der Waals surface area contributed by atoms with Crippen molar-refractivity contribution in [2.24, 2.45) is 13.0 Å². The number of amides is 1. The van der Waals surface area contributed by atoms with Crippen LogP contribution in [0.5, 0.6) is 0 Å². The fraction of sp³-hybridized carbons (Fsp3) is 0.347. The van der Waals surface area contributed by atoms with Gasteiger partial charge in [-0.15, -0.1) is 22.0 Å². The standard InChI is InChI=1S/C49H50F3N7O2S/c1-34-13-12-21-58(28-34)29-35-23-40-41(42(24-35)49(50,51)52)30-59(46(40)60)44-26-39(47(31-61-32-47)27-45-56-54-33-57(45)2)25-43(55-44)53-20-22-62-48(36-14-6-3-7-15-36,37-16-8-4-9-17-37)38-18-10-5-11-19-38/h3-11,14-19,23-26,33-34H,12-13,20-22,27-32H2,1-2H3,(H,53,55)/t34-/m0/s1. The number of rotatable bonds is 14. The largest absolute Gasteiger partial charge is 0.416 e. The zero-order valence-electron chi connectivity index (χ0n) is 34.9. The van der Waals surface area contributed by atoms with Crippen LogP contribution in [0.1, 0.15) is 74.9 Å². The van der Waals surface area contributed by atoms with Crippen LogP contribution >= 0.6 is 11.8 Å². The first-order valence-electron chi connectivity index (χ1n) is 21.3. The van der Waals surface area contributed by atoms with Gasteiger partial charge in [0.05, 0.1) is 30.1 Å². The predicted molar refractivity (Wildman–Crippen MR) is 237 cm³/mol. The molecule has 0 spiro atoms. The maximum atomic E-state index is 14.9. The van der Waals surface area contributed by atoms with Gasteiger partial charge >= 0.3 is 6.18 Å². The van der Waals surface area contributed by atoms with Gasteiger partial charge in [0.25, 0.3) is 5.91 Å². The molecule has 9 nitrogen and oxygen atoms in total. The minimum atomic E-state index is -4.64. The molecular weight excluding hydrogens is 808 g/mol.